The van der Waals surface area contributed by atoms with E-state index in [4.69, 9.17) is 0 Å². The molecule has 0 aromatic heterocycles. The van der Waals surface area contributed by atoms with Crippen molar-refractivity contribution in [2.24, 2.45) is 11.3 Å². The summed E-state index contributed by atoms with van der Waals surface area (Å²) in [5, 5.41) is 0. The van der Waals surface area contributed by atoms with Crippen LogP contribution in [0.3, 0.4) is 0 Å². The summed E-state index contributed by atoms with van der Waals surface area (Å²) in [6, 6.07) is 0.803. The molecule has 0 radical (unpaired) electrons. The molecule has 0 saturated carbocycles. The first-order valence-corrected chi connectivity index (χ1v) is 9.26. The predicted molar refractivity (Wildman–Crippen MR) is 92.7 cm³/mol. The summed E-state index contributed by atoms with van der Waals surface area (Å²) in [6.07, 6.45) is 7.04. The predicted octanol–water partition coefficient (Wildman–Crippen LogP) is 4.40. The number of rotatable bonds is 3. The van der Waals surface area contributed by atoms with Gasteiger partial charge in [0.25, 0.3) is 0 Å². The summed E-state index contributed by atoms with van der Waals surface area (Å²) >= 11 is 0. The summed E-state index contributed by atoms with van der Waals surface area (Å²) in [5.41, 5.74) is 1.03. The molecule has 2 aliphatic rings. The molecule has 0 N–H and O–H groups in total. The van der Waals surface area contributed by atoms with Crippen molar-refractivity contribution in [1.82, 2.24) is 9.80 Å². The molecule has 124 valence electrons. The van der Waals surface area contributed by atoms with E-state index in [1.807, 2.05) is 0 Å². The van der Waals surface area contributed by atoms with Crippen LogP contribution >= 0.6 is 0 Å². The van der Waals surface area contributed by atoms with Gasteiger partial charge >= 0.3 is 0 Å². The molecule has 2 saturated heterocycles. The van der Waals surface area contributed by atoms with Gasteiger partial charge in [0.15, 0.2) is 0 Å². The molecule has 2 heteroatoms. The van der Waals surface area contributed by atoms with Gasteiger partial charge in [-0.1, -0.05) is 20.8 Å². The van der Waals surface area contributed by atoms with Gasteiger partial charge in [-0.15, -0.1) is 0 Å². The molecule has 0 aromatic rings. The molecule has 1 atom stereocenters. The van der Waals surface area contributed by atoms with E-state index in [-0.39, 0.29) is 0 Å². The molecule has 0 aromatic carbocycles. The number of piperidine rings is 2. The van der Waals surface area contributed by atoms with Crippen LogP contribution in [-0.4, -0.2) is 47.6 Å². The van der Waals surface area contributed by atoms with Crippen LogP contribution in [0.1, 0.15) is 73.6 Å². The van der Waals surface area contributed by atoms with E-state index in [9.17, 15) is 0 Å². The van der Waals surface area contributed by atoms with E-state index >= 15 is 0 Å². The van der Waals surface area contributed by atoms with Crippen LogP contribution in [-0.2, 0) is 0 Å². The maximum Gasteiger partial charge on any atom is 0.0125 e. The van der Waals surface area contributed by atoms with Gasteiger partial charge in [0, 0.05) is 11.6 Å². The van der Waals surface area contributed by atoms with Gasteiger partial charge in [0.05, 0.1) is 0 Å². The van der Waals surface area contributed by atoms with Gasteiger partial charge in [0.2, 0.25) is 0 Å². The van der Waals surface area contributed by atoms with Crippen molar-refractivity contribution < 1.29 is 0 Å². The second kappa shape index (κ2) is 6.58. The topological polar surface area (TPSA) is 6.48 Å². The van der Waals surface area contributed by atoms with Crippen LogP contribution in [0.2, 0.25) is 0 Å². The van der Waals surface area contributed by atoms with Gasteiger partial charge in [-0.25, -0.2) is 0 Å². The third-order valence-electron chi connectivity index (χ3n) is 6.29. The monoisotopic (exact) mass is 294 g/mol. The van der Waals surface area contributed by atoms with Crippen molar-refractivity contribution in [2.45, 2.75) is 85.2 Å². The average molecular weight is 295 g/mol. The summed E-state index contributed by atoms with van der Waals surface area (Å²) < 4.78 is 0. The minimum absolute atomic E-state index is 0.354. The normalized spacial score (nSPS) is 26.4. The third-order valence-corrected chi connectivity index (χ3v) is 6.29. The Kier molecular flexibility index (Phi) is 5.41. The van der Waals surface area contributed by atoms with Crippen LogP contribution in [0.15, 0.2) is 0 Å². The molecule has 2 aliphatic heterocycles. The minimum atomic E-state index is 0.354. The van der Waals surface area contributed by atoms with Crippen LogP contribution < -0.4 is 0 Å². The van der Waals surface area contributed by atoms with Gasteiger partial charge in [0.1, 0.15) is 0 Å². The number of nitrogens with zero attached hydrogens (tertiary/aromatic N) is 2. The summed E-state index contributed by atoms with van der Waals surface area (Å²) in [4.78, 5) is 5.47. The fourth-order valence-electron chi connectivity index (χ4n) is 4.63. The van der Waals surface area contributed by atoms with Crippen molar-refractivity contribution in [2.75, 3.05) is 26.2 Å². The molecule has 0 bridgehead atoms. The lowest BCUT2D eigenvalue weighted by atomic mass is 9.70. The Morgan fingerprint density at radius 3 is 1.76 bits per heavy atom. The SMILES string of the molecule is CCC(C(C)C)N1CCC2(CC1)CCN(C(C)(C)C)CC2. The first-order valence-electron chi connectivity index (χ1n) is 9.26. The third kappa shape index (κ3) is 4.01. The lowest BCUT2D eigenvalue weighted by Gasteiger charge is -2.51. The van der Waals surface area contributed by atoms with Crippen molar-refractivity contribution in [1.29, 1.82) is 0 Å². The number of hydrogen-bond donors (Lipinski definition) is 0. The molecular weight excluding hydrogens is 256 g/mol. The second-order valence-electron chi connectivity index (χ2n) is 8.91. The van der Waals surface area contributed by atoms with Gasteiger partial charge in [-0.05, 0) is 90.4 Å². The highest BCUT2D eigenvalue weighted by Gasteiger charge is 2.40. The standard InChI is InChI=1S/C19H38N2/c1-7-17(16(2)3)20-12-8-19(9-13-20)10-14-21(15-11-19)18(4,5)6/h16-17H,7-15H2,1-6H3. The molecule has 1 spiro atoms. The molecular formula is C19H38N2. The maximum absolute atomic E-state index is 2.78. The Morgan fingerprint density at radius 2 is 1.38 bits per heavy atom. The smallest absolute Gasteiger partial charge is 0.0125 e. The zero-order valence-corrected chi connectivity index (χ0v) is 15.4. The molecule has 2 nitrogen and oxygen atoms in total. The van der Waals surface area contributed by atoms with Crippen LogP contribution in [0.4, 0.5) is 0 Å². The van der Waals surface area contributed by atoms with E-state index in [1.54, 1.807) is 0 Å². The number of hydrogen-bond acceptors (Lipinski definition) is 2. The highest BCUT2D eigenvalue weighted by molar-refractivity contribution is 4.94. The van der Waals surface area contributed by atoms with Crippen molar-refractivity contribution in [3.8, 4) is 0 Å². The minimum Gasteiger partial charge on any atom is -0.300 e. The van der Waals surface area contributed by atoms with Crippen LogP contribution in [0.5, 0.6) is 0 Å². The van der Waals surface area contributed by atoms with E-state index in [0.29, 0.717) is 11.0 Å². The molecule has 1 unspecified atom stereocenters. The maximum atomic E-state index is 2.78. The Morgan fingerprint density at radius 1 is 0.905 bits per heavy atom. The Bertz CT molecular complexity index is 311. The highest BCUT2D eigenvalue weighted by atomic mass is 15.2. The van der Waals surface area contributed by atoms with Crippen molar-refractivity contribution in [3.05, 3.63) is 0 Å². The molecule has 2 rings (SSSR count). The summed E-state index contributed by atoms with van der Waals surface area (Å²) in [6.45, 7) is 19.5. The van der Waals surface area contributed by atoms with E-state index in [1.165, 1.54) is 58.3 Å². The van der Waals surface area contributed by atoms with Crippen molar-refractivity contribution >= 4 is 0 Å². The Hall–Kier alpha value is -0.0800. The fraction of sp³-hybridized carbons (Fsp3) is 1.00. The zero-order chi connectivity index (χ0) is 15.7. The van der Waals surface area contributed by atoms with E-state index in [0.717, 1.165) is 12.0 Å². The van der Waals surface area contributed by atoms with E-state index < -0.39 is 0 Å². The van der Waals surface area contributed by atoms with Crippen molar-refractivity contribution in [3.63, 3.8) is 0 Å². The molecule has 2 heterocycles. The number of likely N-dealkylation sites (tertiary alicyclic amines) is 2. The molecule has 0 aliphatic carbocycles. The molecule has 2 fully saturated rings. The summed E-state index contributed by atoms with van der Waals surface area (Å²) in [5.74, 6) is 0.798. The van der Waals surface area contributed by atoms with Crippen LogP contribution in [0, 0.1) is 11.3 Å². The second-order valence-corrected chi connectivity index (χ2v) is 8.91. The van der Waals surface area contributed by atoms with Crippen LogP contribution in [0.25, 0.3) is 0 Å². The molecule has 0 amide bonds. The average Bonchev–Trinajstić information content (AvgIpc) is 2.41. The Balaban J connectivity index is 1.87. The Labute approximate surface area is 133 Å². The quantitative estimate of drug-likeness (QED) is 0.761. The first kappa shape index (κ1) is 17.3. The van der Waals surface area contributed by atoms with Gasteiger partial charge in [-0.3, -0.25) is 4.90 Å². The summed E-state index contributed by atoms with van der Waals surface area (Å²) in [7, 11) is 0. The highest BCUT2D eigenvalue weighted by Crippen LogP contribution is 2.43. The first-order chi connectivity index (χ1) is 9.77. The lowest BCUT2D eigenvalue weighted by Crippen LogP contribution is -2.53. The largest absolute Gasteiger partial charge is 0.300 e. The molecule has 21 heavy (non-hydrogen) atoms. The van der Waals surface area contributed by atoms with Gasteiger partial charge in [-0.2, -0.15) is 0 Å². The fourth-order valence-corrected chi connectivity index (χ4v) is 4.63. The van der Waals surface area contributed by atoms with E-state index in [2.05, 4.69) is 51.3 Å². The lowest BCUT2D eigenvalue weighted by molar-refractivity contribution is -0.0110. The zero-order valence-electron chi connectivity index (χ0n) is 15.4. The van der Waals surface area contributed by atoms with Gasteiger partial charge < -0.3 is 4.90 Å².